The molecule has 0 spiro atoms. The van der Waals surface area contributed by atoms with E-state index in [-0.39, 0.29) is 5.91 Å². The average Bonchev–Trinajstić information content (AvgIpc) is 3.22. The number of methoxy groups -OCH3 is 1. The molecule has 1 amide bonds. The Bertz CT molecular complexity index is 1180. The van der Waals surface area contributed by atoms with Crippen LogP contribution in [0.3, 0.4) is 0 Å². The van der Waals surface area contributed by atoms with Crippen LogP contribution in [-0.2, 0) is 16.1 Å². The summed E-state index contributed by atoms with van der Waals surface area (Å²) in [7, 11) is 1.64. The van der Waals surface area contributed by atoms with Crippen molar-refractivity contribution in [2.45, 2.75) is 13.5 Å². The molecule has 0 atom stereocenters. The fourth-order valence-electron chi connectivity index (χ4n) is 3.72. The van der Waals surface area contributed by atoms with E-state index in [2.05, 4.69) is 30.2 Å². The molecule has 0 N–H and O–H groups in total. The van der Waals surface area contributed by atoms with Crippen molar-refractivity contribution in [3.63, 3.8) is 0 Å². The van der Waals surface area contributed by atoms with Crippen molar-refractivity contribution in [1.29, 1.82) is 0 Å². The largest absolute Gasteiger partial charge is 0.383 e. The number of aliphatic imine (C=N–C) groups is 1. The van der Waals surface area contributed by atoms with Gasteiger partial charge >= 0.3 is 0 Å². The highest BCUT2D eigenvalue weighted by molar-refractivity contribution is 8.18. The first-order valence-electron chi connectivity index (χ1n) is 10.2. The van der Waals surface area contributed by atoms with E-state index < -0.39 is 0 Å². The minimum atomic E-state index is -0.0447. The third-order valence-corrected chi connectivity index (χ3v) is 6.26. The van der Waals surface area contributed by atoms with Crippen LogP contribution in [0.25, 0.3) is 17.0 Å². The van der Waals surface area contributed by atoms with Gasteiger partial charge in [0, 0.05) is 35.8 Å². The van der Waals surface area contributed by atoms with Gasteiger partial charge in [-0.2, -0.15) is 0 Å². The quantitative estimate of drug-likeness (QED) is 0.372. The summed E-state index contributed by atoms with van der Waals surface area (Å²) in [5, 5.41) is 1.80. The van der Waals surface area contributed by atoms with Crippen LogP contribution in [0.15, 0.2) is 77.1 Å². The molecule has 158 valence electrons. The summed E-state index contributed by atoms with van der Waals surface area (Å²) in [6, 6.07) is 18.0. The molecule has 0 unspecified atom stereocenters. The minimum Gasteiger partial charge on any atom is -0.383 e. The Morgan fingerprint density at radius 3 is 2.61 bits per heavy atom. The smallest absolute Gasteiger partial charge is 0.266 e. The fraction of sp³-hybridized carbons (Fsp3) is 0.200. The number of hydrogen-bond donors (Lipinski definition) is 0. The molecule has 0 radical (unpaired) electrons. The van der Waals surface area contributed by atoms with Gasteiger partial charge in [0.05, 0.1) is 23.7 Å². The number of nitrogens with zero attached hydrogens (tertiary/aromatic N) is 3. The number of carbonyl (C=O) groups is 1. The standard InChI is InChI=1S/C25H25N3O2S/c1-4-14-27-18(2)21(20-12-8-9-13-22(20)27)17-23-24(29)28(15-16-30-3)25(31-23)26-19-10-6-5-7-11-19/h4-13,17H,1,14-16H2,2-3H3/b23-17-,26-25?. The normalized spacial score (nSPS) is 16.7. The number of thioether (sulfide) groups is 1. The van der Waals surface area contributed by atoms with Gasteiger partial charge in [-0.25, -0.2) is 4.99 Å². The molecule has 31 heavy (non-hydrogen) atoms. The minimum absolute atomic E-state index is 0.0447. The molecule has 2 heterocycles. The van der Waals surface area contributed by atoms with Crippen molar-refractivity contribution < 1.29 is 9.53 Å². The summed E-state index contributed by atoms with van der Waals surface area (Å²) in [5.41, 5.74) is 4.12. The van der Waals surface area contributed by atoms with Crippen LogP contribution in [0.1, 0.15) is 11.3 Å². The summed E-state index contributed by atoms with van der Waals surface area (Å²) < 4.78 is 7.44. The van der Waals surface area contributed by atoms with E-state index in [0.29, 0.717) is 23.2 Å². The first kappa shape index (κ1) is 21.2. The predicted octanol–water partition coefficient (Wildman–Crippen LogP) is 5.39. The molecule has 1 aliphatic rings. The van der Waals surface area contributed by atoms with E-state index in [4.69, 9.17) is 9.73 Å². The summed E-state index contributed by atoms with van der Waals surface area (Å²) in [4.78, 5) is 20.4. The first-order chi connectivity index (χ1) is 15.1. The Morgan fingerprint density at radius 2 is 1.87 bits per heavy atom. The molecule has 1 aliphatic heterocycles. The Kier molecular flexibility index (Phi) is 6.39. The van der Waals surface area contributed by atoms with Crippen LogP contribution in [0.4, 0.5) is 5.69 Å². The predicted molar refractivity (Wildman–Crippen MR) is 130 cm³/mol. The number of amides is 1. The van der Waals surface area contributed by atoms with Crippen molar-refractivity contribution in [3.8, 4) is 0 Å². The number of aromatic nitrogens is 1. The lowest BCUT2D eigenvalue weighted by atomic mass is 10.1. The number of ether oxygens (including phenoxy) is 1. The monoisotopic (exact) mass is 431 g/mol. The number of hydrogen-bond acceptors (Lipinski definition) is 4. The zero-order valence-electron chi connectivity index (χ0n) is 17.7. The summed E-state index contributed by atoms with van der Waals surface area (Å²) in [6.07, 6.45) is 3.89. The number of amidine groups is 1. The second kappa shape index (κ2) is 9.37. The Morgan fingerprint density at radius 1 is 1.13 bits per heavy atom. The zero-order valence-corrected chi connectivity index (χ0v) is 18.6. The molecule has 3 aromatic rings. The van der Waals surface area contributed by atoms with Crippen LogP contribution in [0.5, 0.6) is 0 Å². The Labute approximate surface area is 186 Å². The van der Waals surface area contributed by atoms with E-state index in [1.54, 1.807) is 12.0 Å². The van der Waals surface area contributed by atoms with Gasteiger partial charge in [-0.05, 0) is 43.0 Å². The molecular weight excluding hydrogens is 406 g/mol. The number of allylic oxidation sites excluding steroid dienone is 1. The maximum atomic E-state index is 13.3. The van der Waals surface area contributed by atoms with Crippen molar-refractivity contribution >= 4 is 45.5 Å². The summed E-state index contributed by atoms with van der Waals surface area (Å²) >= 11 is 1.41. The van der Waals surface area contributed by atoms with Gasteiger partial charge in [0.15, 0.2) is 5.17 Å². The lowest BCUT2D eigenvalue weighted by molar-refractivity contribution is -0.122. The Hall–Kier alpha value is -3.09. The molecule has 0 bridgehead atoms. The van der Waals surface area contributed by atoms with E-state index >= 15 is 0 Å². The molecule has 1 aromatic heterocycles. The summed E-state index contributed by atoms with van der Waals surface area (Å²) in [5.74, 6) is -0.0447. The van der Waals surface area contributed by atoms with Gasteiger partial charge in [0.1, 0.15) is 0 Å². The maximum Gasteiger partial charge on any atom is 0.266 e. The van der Waals surface area contributed by atoms with Crippen molar-refractivity contribution in [2.75, 3.05) is 20.3 Å². The van der Waals surface area contributed by atoms with Gasteiger partial charge < -0.3 is 9.30 Å². The molecule has 1 saturated heterocycles. The summed E-state index contributed by atoms with van der Waals surface area (Å²) in [6.45, 7) is 7.60. The maximum absolute atomic E-state index is 13.3. The van der Waals surface area contributed by atoms with E-state index in [9.17, 15) is 4.79 Å². The number of para-hydroxylation sites is 2. The fourth-order valence-corrected chi connectivity index (χ4v) is 4.73. The van der Waals surface area contributed by atoms with Gasteiger partial charge in [-0.3, -0.25) is 9.69 Å². The van der Waals surface area contributed by atoms with Crippen molar-refractivity contribution in [1.82, 2.24) is 9.47 Å². The van der Waals surface area contributed by atoms with Crippen LogP contribution in [0.2, 0.25) is 0 Å². The number of carbonyl (C=O) groups excluding carboxylic acids is 1. The van der Waals surface area contributed by atoms with Crippen LogP contribution in [-0.4, -0.2) is 40.8 Å². The highest BCUT2D eigenvalue weighted by Crippen LogP contribution is 2.36. The third-order valence-electron chi connectivity index (χ3n) is 5.25. The number of fused-ring (bicyclic) bond motifs is 1. The van der Waals surface area contributed by atoms with E-state index in [1.807, 2.05) is 54.6 Å². The molecule has 6 heteroatoms. The molecule has 4 rings (SSSR count). The van der Waals surface area contributed by atoms with Gasteiger partial charge in [-0.1, -0.05) is 42.5 Å². The molecule has 0 saturated carbocycles. The first-order valence-corrected chi connectivity index (χ1v) is 11.0. The highest BCUT2D eigenvalue weighted by Gasteiger charge is 2.33. The topological polar surface area (TPSA) is 46.8 Å². The van der Waals surface area contributed by atoms with Crippen molar-refractivity contribution in [3.05, 3.63) is 83.4 Å². The third kappa shape index (κ3) is 4.22. The number of benzene rings is 2. The lowest BCUT2D eigenvalue weighted by Crippen LogP contribution is -2.32. The van der Waals surface area contributed by atoms with E-state index in [1.165, 1.54) is 11.8 Å². The SMILES string of the molecule is C=CCn1c(C)c(/C=C2\SC(=Nc3ccccc3)N(CCOC)C2=O)c2ccccc21. The van der Waals surface area contributed by atoms with Gasteiger partial charge in [0.25, 0.3) is 5.91 Å². The molecule has 2 aromatic carbocycles. The highest BCUT2D eigenvalue weighted by atomic mass is 32.2. The second-order valence-electron chi connectivity index (χ2n) is 7.21. The number of rotatable bonds is 7. The molecule has 5 nitrogen and oxygen atoms in total. The van der Waals surface area contributed by atoms with Crippen LogP contribution >= 0.6 is 11.8 Å². The van der Waals surface area contributed by atoms with Gasteiger partial charge in [0.2, 0.25) is 0 Å². The lowest BCUT2D eigenvalue weighted by Gasteiger charge is -2.14. The zero-order chi connectivity index (χ0) is 21.8. The molecule has 1 fully saturated rings. The average molecular weight is 432 g/mol. The molecular formula is C25H25N3O2S. The van der Waals surface area contributed by atoms with E-state index in [0.717, 1.165) is 34.4 Å². The molecule has 0 aliphatic carbocycles. The van der Waals surface area contributed by atoms with Gasteiger partial charge in [-0.15, -0.1) is 6.58 Å². The van der Waals surface area contributed by atoms with Crippen LogP contribution < -0.4 is 0 Å². The Balaban J connectivity index is 1.78. The van der Waals surface area contributed by atoms with Crippen molar-refractivity contribution in [2.24, 2.45) is 4.99 Å². The second-order valence-corrected chi connectivity index (χ2v) is 8.21. The van der Waals surface area contributed by atoms with Crippen LogP contribution in [0, 0.1) is 6.92 Å².